The molecule has 1 heterocycles. The second-order valence-electron chi connectivity index (χ2n) is 5.48. The predicted molar refractivity (Wildman–Crippen MR) is 110 cm³/mol. The molecule has 3 aromatic rings. The number of aryl methyl sites for hydroxylation is 1. The number of anilines is 1. The van der Waals surface area contributed by atoms with E-state index >= 15 is 0 Å². The van der Waals surface area contributed by atoms with Crippen LogP contribution in [0.3, 0.4) is 0 Å². The minimum absolute atomic E-state index is 0. The molecule has 0 bridgehead atoms. The molecule has 0 atom stereocenters. The van der Waals surface area contributed by atoms with Crippen molar-refractivity contribution < 1.29 is 13.0 Å². The van der Waals surface area contributed by atoms with E-state index in [2.05, 4.69) is 15.3 Å². The molecule has 3 rings (SSSR count). The maximum absolute atomic E-state index is 11.3. The maximum atomic E-state index is 11.3. The van der Waals surface area contributed by atoms with E-state index in [0.717, 1.165) is 11.8 Å². The van der Waals surface area contributed by atoms with Gasteiger partial charge in [-0.1, -0.05) is 41.4 Å². The van der Waals surface area contributed by atoms with Gasteiger partial charge in [0.2, 0.25) is 0 Å². The van der Waals surface area contributed by atoms with E-state index in [1.807, 2.05) is 30.3 Å². The molecule has 0 aliphatic rings. The molecule has 8 nitrogen and oxygen atoms in total. The van der Waals surface area contributed by atoms with E-state index in [9.17, 15) is 8.42 Å². The van der Waals surface area contributed by atoms with Crippen LogP contribution >= 0.6 is 23.2 Å². The quantitative estimate of drug-likeness (QED) is 0.352. The van der Waals surface area contributed by atoms with Crippen LogP contribution in [0, 0.1) is 6.92 Å². The molecular formula is C16H14Cl2N5NaO3S. The van der Waals surface area contributed by atoms with E-state index in [1.165, 1.54) is 10.7 Å². The predicted octanol–water partition coefficient (Wildman–Crippen LogP) is 4.08. The first kappa shape index (κ1) is 22.8. The molecule has 0 radical (unpaired) electrons. The summed E-state index contributed by atoms with van der Waals surface area (Å²) in [5.41, 5.74) is 7.88. The summed E-state index contributed by atoms with van der Waals surface area (Å²) < 4.78 is 33.2. The van der Waals surface area contributed by atoms with Crippen molar-refractivity contribution >= 4 is 80.1 Å². The third kappa shape index (κ3) is 4.74. The molecule has 0 saturated heterocycles. The number of azo groups is 1. The van der Waals surface area contributed by atoms with Crippen molar-refractivity contribution in [1.29, 1.82) is 0 Å². The summed E-state index contributed by atoms with van der Waals surface area (Å²) in [7, 11) is -4.50. The number of nitrogens with two attached hydrogens (primary N) is 1. The van der Waals surface area contributed by atoms with Gasteiger partial charge in [-0.05, 0) is 31.2 Å². The Hall–Kier alpha value is -1.46. The van der Waals surface area contributed by atoms with Crippen molar-refractivity contribution in [3.63, 3.8) is 0 Å². The Morgan fingerprint density at radius 2 is 1.75 bits per heavy atom. The fraction of sp³-hybridized carbons (Fsp3) is 0.0625. The van der Waals surface area contributed by atoms with Gasteiger partial charge in [0, 0.05) is 0 Å². The zero-order chi connectivity index (χ0) is 19.8. The molecular weight excluding hydrogens is 436 g/mol. The van der Waals surface area contributed by atoms with Gasteiger partial charge >= 0.3 is 29.6 Å². The standard InChI is InChI=1S/C16H13Cl2N5O3S.Na.H/c1-9-15(16(19)23(22-9)10-5-3-2-4-6-10)21-20-13-7-12(18)14(8-11(13)17)27(24,25)26;;/h2-8H,19H2,1H3,(H,24,25,26);;. The molecule has 0 amide bonds. The van der Waals surface area contributed by atoms with Crippen molar-refractivity contribution in [1.82, 2.24) is 9.78 Å². The van der Waals surface area contributed by atoms with Gasteiger partial charge in [0.1, 0.15) is 10.6 Å². The van der Waals surface area contributed by atoms with Crippen molar-refractivity contribution in [2.24, 2.45) is 10.2 Å². The first-order valence-electron chi connectivity index (χ1n) is 7.47. The molecule has 142 valence electrons. The summed E-state index contributed by atoms with van der Waals surface area (Å²) in [6.07, 6.45) is 0. The number of nitrogen functional groups attached to an aromatic ring is 1. The Bertz CT molecular complexity index is 1150. The molecule has 12 heteroatoms. The Morgan fingerprint density at radius 3 is 2.36 bits per heavy atom. The van der Waals surface area contributed by atoms with Gasteiger partial charge in [-0.15, -0.1) is 10.2 Å². The summed E-state index contributed by atoms with van der Waals surface area (Å²) in [6, 6.07) is 11.4. The fourth-order valence-electron chi connectivity index (χ4n) is 2.32. The van der Waals surface area contributed by atoms with E-state index in [-0.39, 0.29) is 51.1 Å². The number of rotatable bonds is 4. The van der Waals surface area contributed by atoms with Crippen molar-refractivity contribution in [3.05, 3.63) is 58.2 Å². The SMILES string of the molecule is Cc1nn(-c2ccccc2)c(N)c1N=Nc1cc(Cl)c(S(=O)(=O)O)cc1Cl.[NaH]. The minimum atomic E-state index is -4.50. The average molecular weight is 450 g/mol. The van der Waals surface area contributed by atoms with E-state index in [1.54, 1.807) is 6.92 Å². The number of halogens is 2. The molecule has 0 fully saturated rings. The molecule has 0 saturated carbocycles. The number of para-hydroxylation sites is 1. The van der Waals surface area contributed by atoms with Gasteiger partial charge in [0.25, 0.3) is 10.1 Å². The first-order chi connectivity index (χ1) is 12.7. The Kier molecular flexibility index (Phi) is 7.27. The second-order valence-corrected chi connectivity index (χ2v) is 7.68. The zero-order valence-corrected chi connectivity index (χ0v) is 16.2. The van der Waals surface area contributed by atoms with E-state index in [4.69, 9.17) is 33.5 Å². The van der Waals surface area contributed by atoms with Crippen molar-refractivity contribution in [2.45, 2.75) is 11.8 Å². The third-order valence-electron chi connectivity index (χ3n) is 3.60. The second kappa shape index (κ2) is 8.91. The molecule has 0 unspecified atom stereocenters. The molecule has 2 aromatic carbocycles. The van der Waals surface area contributed by atoms with Gasteiger partial charge < -0.3 is 5.73 Å². The Morgan fingerprint density at radius 1 is 1.11 bits per heavy atom. The monoisotopic (exact) mass is 449 g/mol. The van der Waals surface area contributed by atoms with E-state index < -0.39 is 15.0 Å². The van der Waals surface area contributed by atoms with E-state index in [0.29, 0.717) is 11.4 Å². The summed E-state index contributed by atoms with van der Waals surface area (Å²) >= 11 is 11.9. The van der Waals surface area contributed by atoms with Crippen molar-refractivity contribution in [2.75, 3.05) is 5.73 Å². The summed E-state index contributed by atoms with van der Waals surface area (Å²) in [5, 5.41) is 12.1. The van der Waals surface area contributed by atoms with Gasteiger partial charge in [0.15, 0.2) is 11.5 Å². The third-order valence-corrected chi connectivity index (χ3v) is 5.22. The van der Waals surface area contributed by atoms with Crippen LogP contribution in [-0.2, 0) is 10.1 Å². The van der Waals surface area contributed by atoms with Crippen LogP contribution in [0.5, 0.6) is 0 Å². The van der Waals surface area contributed by atoms with Gasteiger partial charge in [-0.2, -0.15) is 13.5 Å². The Labute approximate surface area is 193 Å². The van der Waals surface area contributed by atoms with Gasteiger partial charge in [0.05, 0.1) is 21.4 Å². The first-order valence-corrected chi connectivity index (χ1v) is 9.67. The average Bonchev–Trinajstić information content (AvgIpc) is 2.89. The molecule has 0 spiro atoms. The van der Waals surface area contributed by atoms with Crippen LogP contribution in [-0.4, -0.2) is 52.3 Å². The number of nitrogens with zero attached hydrogens (tertiary/aromatic N) is 4. The van der Waals surface area contributed by atoms with Crippen LogP contribution in [0.25, 0.3) is 5.69 Å². The summed E-state index contributed by atoms with van der Waals surface area (Å²) in [5.74, 6) is 0.277. The molecule has 0 aliphatic carbocycles. The number of hydrogen-bond donors (Lipinski definition) is 2. The van der Waals surface area contributed by atoms with Crippen LogP contribution in [0.4, 0.5) is 17.2 Å². The van der Waals surface area contributed by atoms with Crippen LogP contribution in [0.15, 0.2) is 57.6 Å². The van der Waals surface area contributed by atoms with Crippen LogP contribution < -0.4 is 5.73 Å². The number of hydrogen-bond acceptors (Lipinski definition) is 6. The molecule has 1 aromatic heterocycles. The summed E-state index contributed by atoms with van der Waals surface area (Å²) in [4.78, 5) is -0.513. The molecule has 0 aliphatic heterocycles. The number of benzene rings is 2. The zero-order valence-electron chi connectivity index (χ0n) is 13.8. The topological polar surface area (TPSA) is 123 Å². The molecule has 3 N–H and O–H groups in total. The normalized spacial score (nSPS) is 11.6. The molecule has 28 heavy (non-hydrogen) atoms. The van der Waals surface area contributed by atoms with Gasteiger partial charge in [-0.3, -0.25) is 4.55 Å². The van der Waals surface area contributed by atoms with Crippen molar-refractivity contribution in [3.8, 4) is 5.69 Å². The number of aromatic nitrogens is 2. The van der Waals surface area contributed by atoms with Gasteiger partial charge in [-0.25, -0.2) is 4.68 Å². The van der Waals surface area contributed by atoms with Crippen LogP contribution in [0.2, 0.25) is 10.0 Å². The fourth-order valence-corrected chi connectivity index (χ4v) is 3.61. The summed E-state index contributed by atoms with van der Waals surface area (Å²) in [6.45, 7) is 1.72. The van der Waals surface area contributed by atoms with Crippen LogP contribution in [0.1, 0.15) is 5.69 Å². The Balaban J connectivity index is 0.00000280.